The lowest BCUT2D eigenvalue weighted by Crippen LogP contribution is -2.30. The van der Waals surface area contributed by atoms with E-state index in [4.69, 9.17) is 0 Å². The van der Waals surface area contributed by atoms with Crippen molar-refractivity contribution in [3.8, 4) is 0 Å². The lowest BCUT2D eigenvalue weighted by Gasteiger charge is -2.18. The zero-order chi connectivity index (χ0) is 17.6. The van der Waals surface area contributed by atoms with Gasteiger partial charge in [0.2, 0.25) is 0 Å². The molecule has 1 amide bonds. The van der Waals surface area contributed by atoms with E-state index in [2.05, 4.69) is 4.98 Å². The van der Waals surface area contributed by atoms with E-state index in [1.54, 1.807) is 17.9 Å². The molecule has 0 spiro atoms. The molecule has 5 heteroatoms. The van der Waals surface area contributed by atoms with Gasteiger partial charge in [0.05, 0.1) is 5.69 Å². The molecule has 0 radical (unpaired) electrons. The molecule has 0 atom stereocenters. The number of rotatable bonds is 3. The van der Waals surface area contributed by atoms with Gasteiger partial charge in [-0.3, -0.25) is 14.0 Å². The summed E-state index contributed by atoms with van der Waals surface area (Å²) >= 11 is 0. The minimum absolute atomic E-state index is 0.0372. The van der Waals surface area contributed by atoms with Crippen molar-refractivity contribution in [3.63, 3.8) is 0 Å². The highest BCUT2D eigenvalue weighted by Crippen LogP contribution is 2.31. The van der Waals surface area contributed by atoms with Crippen LogP contribution < -0.4 is 4.90 Å². The van der Waals surface area contributed by atoms with Gasteiger partial charge in [-0.1, -0.05) is 13.0 Å². The first kappa shape index (κ1) is 15.6. The van der Waals surface area contributed by atoms with Gasteiger partial charge in [-0.2, -0.15) is 0 Å². The Kier molecular flexibility index (Phi) is 3.64. The molecular formula is C20H19N3O2. The number of benzene rings is 1. The predicted molar refractivity (Wildman–Crippen MR) is 96.4 cm³/mol. The van der Waals surface area contributed by atoms with Crippen molar-refractivity contribution in [2.45, 2.75) is 26.7 Å². The number of carbonyl (C=O) groups excluding carboxylic acids is 2. The quantitative estimate of drug-likeness (QED) is 0.691. The summed E-state index contributed by atoms with van der Waals surface area (Å²) in [5.41, 5.74) is 4.86. The molecule has 0 unspecified atom stereocenters. The lowest BCUT2D eigenvalue weighted by atomic mass is 10.1. The summed E-state index contributed by atoms with van der Waals surface area (Å²) in [4.78, 5) is 31.3. The molecule has 1 aliphatic heterocycles. The molecule has 0 saturated carbocycles. The molecular weight excluding hydrogens is 314 g/mol. The van der Waals surface area contributed by atoms with Gasteiger partial charge >= 0.3 is 0 Å². The van der Waals surface area contributed by atoms with Gasteiger partial charge in [0.25, 0.3) is 5.91 Å². The summed E-state index contributed by atoms with van der Waals surface area (Å²) in [5, 5.41) is 0. The van der Waals surface area contributed by atoms with Gasteiger partial charge in [-0.25, -0.2) is 4.98 Å². The molecule has 126 valence electrons. The Balaban J connectivity index is 1.78. The fourth-order valence-electron chi connectivity index (χ4n) is 3.48. The van der Waals surface area contributed by atoms with Gasteiger partial charge in [-0.15, -0.1) is 0 Å². The Morgan fingerprint density at radius 1 is 1.20 bits per heavy atom. The number of carbonyl (C=O) groups is 2. The highest BCUT2D eigenvalue weighted by atomic mass is 16.2. The minimum Gasteiger partial charge on any atom is -0.306 e. The van der Waals surface area contributed by atoms with Crippen LogP contribution in [0.4, 0.5) is 5.69 Å². The van der Waals surface area contributed by atoms with Crippen LogP contribution in [0.25, 0.3) is 5.65 Å². The van der Waals surface area contributed by atoms with Gasteiger partial charge in [0, 0.05) is 24.0 Å². The maximum atomic E-state index is 13.3. The van der Waals surface area contributed by atoms with Crippen molar-refractivity contribution in [1.29, 1.82) is 0 Å². The first-order chi connectivity index (χ1) is 12.1. The predicted octanol–water partition coefficient (Wildman–Crippen LogP) is 3.30. The molecule has 0 saturated heterocycles. The summed E-state index contributed by atoms with van der Waals surface area (Å²) in [6, 6.07) is 11.3. The number of nitrogens with zero attached hydrogens (tertiary/aromatic N) is 3. The van der Waals surface area contributed by atoms with Crippen LogP contribution in [0.2, 0.25) is 0 Å². The zero-order valence-electron chi connectivity index (χ0n) is 14.3. The molecule has 0 fully saturated rings. The number of aromatic nitrogens is 2. The summed E-state index contributed by atoms with van der Waals surface area (Å²) in [5.74, 6) is 0.00695. The van der Waals surface area contributed by atoms with E-state index in [9.17, 15) is 9.59 Å². The van der Waals surface area contributed by atoms with Crippen LogP contribution in [-0.4, -0.2) is 27.6 Å². The number of pyridine rings is 1. The van der Waals surface area contributed by atoms with E-state index in [1.165, 1.54) is 0 Å². The number of imidazole rings is 1. The topological polar surface area (TPSA) is 54.7 Å². The van der Waals surface area contributed by atoms with Gasteiger partial charge < -0.3 is 4.90 Å². The molecule has 1 aliphatic rings. The second kappa shape index (κ2) is 5.84. The molecule has 0 aliphatic carbocycles. The van der Waals surface area contributed by atoms with Crippen molar-refractivity contribution < 1.29 is 9.59 Å². The lowest BCUT2D eigenvalue weighted by molar-refractivity contribution is 0.0981. The number of fused-ring (bicyclic) bond motifs is 2. The van der Waals surface area contributed by atoms with Crippen molar-refractivity contribution in [1.82, 2.24) is 9.38 Å². The fraction of sp³-hybridized carbons (Fsp3) is 0.250. The van der Waals surface area contributed by atoms with E-state index < -0.39 is 0 Å². The van der Waals surface area contributed by atoms with Crippen LogP contribution in [0.15, 0.2) is 42.6 Å². The molecule has 3 aromatic rings. The fourth-order valence-corrected chi connectivity index (χ4v) is 3.48. The first-order valence-electron chi connectivity index (χ1n) is 8.52. The van der Waals surface area contributed by atoms with Crippen LogP contribution >= 0.6 is 0 Å². The van der Waals surface area contributed by atoms with Crippen LogP contribution in [0, 0.1) is 0 Å². The second-order valence-corrected chi connectivity index (χ2v) is 6.30. The van der Waals surface area contributed by atoms with Crippen molar-refractivity contribution in [2.75, 3.05) is 11.4 Å². The summed E-state index contributed by atoms with van der Waals surface area (Å²) < 4.78 is 1.86. The molecule has 1 aromatic carbocycles. The minimum atomic E-state index is -0.0372. The van der Waals surface area contributed by atoms with E-state index in [1.807, 2.05) is 47.9 Å². The van der Waals surface area contributed by atoms with E-state index in [0.717, 1.165) is 29.0 Å². The normalized spacial score (nSPS) is 13.3. The highest BCUT2D eigenvalue weighted by molar-refractivity contribution is 6.08. The van der Waals surface area contributed by atoms with Gasteiger partial charge in [-0.05, 0) is 55.7 Å². The van der Waals surface area contributed by atoms with E-state index >= 15 is 0 Å². The Labute approximate surface area is 145 Å². The third-order valence-corrected chi connectivity index (χ3v) is 4.77. The maximum absolute atomic E-state index is 13.3. The Morgan fingerprint density at radius 2 is 2.04 bits per heavy atom. The number of hydrogen-bond acceptors (Lipinski definition) is 3. The maximum Gasteiger partial charge on any atom is 0.277 e. The van der Waals surface area contributed by atoms with Crippen molar-refractivity contribution in [3.05, 3.63) is 65.1 Å². The average Bonchev–Trinajstić information content (AvgIpc) is 3.21. The first-order valence-corrected chi connectivity index (χ1v) is 8.52. The van der Waals surface area contributed by atoms with E-state index in [-0.39, 0.29) is 11.7 Å². The van der Waals surface area contributed by atoms with Crippen LogP contribution in [0.1, 0.15) is 46.0 Å². The average molecular weight is 333 g/mol. The van der Waals surface area contributed by atoms with Crippen molar-refractivity contribution >= 4 is 23.0 Å². The zero-order valence-corrected chi connectivity index (χ0v) is 14.3. The molecule has 4 rings (SSSR count). The van der Waals surface area contributed by atoms with Crippen LogP contribution in [0.5, 0.6) is 0 Å². The van der Waals surface area contributed by atoms with Crippen molar-refractivity contribution in [2.24, 2.45) is 0 Å². The summed E-state index contributed by atoms with van der Waals surface area (Å²) in [6.45, 7) is 4.19. The molecule has 25 heavy (non-hydrogen) atoms. The smallest absolute Gasteiger partial charge is 0.277 e. The third kappa shape index (κ3) is 2.43. The highest BCUT2D eigenvalue weighted by Gasteiger charge is 2.29. The number of amides is 1. The third-order valence-electron chi connectivity index (χ3n) is 4.77. The van der Waals surface area contributed by atoms with Crippen LogP contribution in [0.3, 0.4) is 0 Å². The van der Waals surface area contributed by atoms with Gasteiger partial charge in [0.1, 0.15) is 11.3 Å². The largest absolute Gasteiger partial charge is 0.306 e. The number of Topliss-reactive ketones (excluding diaryl/α,β-unsaturated/α-hetero) is 1. The molecule has 2 aromatic heterocycles. The van der Waals surface area contributed by atoms with E-state index in [0.29, 0.717) is 24.2 Å². The monoisotopic (exact) mass is 333 g/mol. The Hall–Kier alpha value is -2.95. The number of aryl methyl sites for hydroxylation is 1. The Morgan fingerprint density at radius 3 is 2.80 bits per heavy atom. The second-order valence-electron chi connectivity index (χ2n) is 6.30. The molecule has 0 N–H and O–H groups in total. The number of hydrogen-bond donors (Lipinski definition) is 0. The van der Waals surface area contributed by atoms with Crippen LogP contribution in [-0.2, 0) is 12.8 Å². The SMILES string of the molecule is CCc1nc2ccccn2c1C(=O)N1CCc2cc(C(C)=O)ccc21. The standard InChI is InChI=1S/C20H19N3O2/c1-3-16-19(23-10-5-4-6-18(23)21-16)20(25)22-11-9-15-12-14(13(2)24)7-8-17(15)22/h4-8,10,12H,3,9,11H2,1-2H3. The molecule has 3 heterocycles. The Bertz CT molecular complexity index is 1000. The molecule has 0 bridgehead atoms. The summed E-state index contributed by atoms with van der Waals surface area (Å²) in [7, 11) is 0. The number of anilines is 1. The molecule has 5 nitrogen and oxygen atoms in total. The number of ketones is 1. The van der Waals surface area contributed by atoms with Gasteiger partial charge in [0.15, 0.2) is 5.78 Å². The summed E-state index contributed by atoms with van der Waals surface area (Å²) in [6.07, 6.45) is 3.34.